The van der Waals surface area contributed by atoms with Gasteiger partial charge in [-0.25, -0.2) is 14.2 Å². The molecule has 0 spiro atoms. The Morgan fingerprint density at radius 2 is 2.21 bits per heavy atom. The number of nitrogens with zero attached hydrogens (tertiary/aromatic N) is 1. The summed E-state index contributed by atoms with van der Waals surface area (Å²) < 4.78 is 13.6. The van der Waals surface area contributed by atoms with E-state index < -0.39 is 5.97 Å². The molecule has 5 heteroatoms. The molecule has 0 aliphatic heterocycles. The maximum absolute atomic E-state index is 13.6. The van der Waals surface area contributed by atoms with Crippen molar-refractivity contribution in [1.29, 1.82) is 0 Å². The number of aromatic nitrogens is 1. The van der Waals surface area contributed by atoms with Gasteiger partial charge in [0.2, 0.25) is 0 Å². The molecule has 3 rings (SSSR count). The van der Waals surface area contributed by atoms with Crippen LogP contribution in [0.4, 0.5) is 4.39 Å². The lowest BCUT2D eigenvalue weighted by atomic mass is 10.1. The largest absolute Gasteiger partial charge is 0.477 e. The third-order valence-corrected chi connectivity index (χ3v) is 4.34. The molecule has 1 aromatic carbocycles. The maximum atomic E-state index is 13.6. The topological polar surface area (TPSA) is 50.2 Å². The second kappa shape index (κ2) is 4.42. The van der Waals surface area contributed by atoms with Crippen LogP contribution in [0.3, 0.4) is 0 Å². The van der Waals surface area contributed by atoms with Gasteiger partial charge in [0, 0.05) is 11.5 Å². The second-order valence-electron chi connectivity index (χ2n) is 4.78. The van der Waals surface area contributed by atoms with Crippen molar-refractivity contribution in [2.45, 2.75) is 25.7 Å². The summed E-state index contributed by atoms with van der Waals surface area (Å²) in [5, 5.41) is 9.78. The molecule has 0 amide bonds. The standard InChI is InChI=1S/C14H12FNO2S/c1-7-2-3-9(6-10(7)15)13-16-11(8-4-5-8)12(19-13)14(17)18/h2-3,6,8H,4-5H2,1H3,(H,17,18). The molecule has 1 heterocycles. The van der Waals surface area contributed by atoms with Gasteiger partial charge in [0.25, 0.3) is 0 Å². The summed E-state index contributed by atoms with van der Waals surface area (Å²) in [7, 11) is 0. The van der Waals surface area contributed by atoms with E-state index in [4.69, 9.17) is 0 Å². The summed E-state index contributed by atoms with van der Waals surface area (Å²) in [6.45, 7) is 1.69. The minimum absolute atomic E-state index is 0.270. The lowest BCUT2D eigenvalue weighted by Gasteiger charge is -1.99. The zero-order chi connectivity index (χ0) is 13.6. The van der Waals surface area contributed by atoms with Crippen molar-refractivity contribution >= 4 is 17.3 Å². The SMILES string of the molecule is Cc1ccc(-c2nc(C3CC3)c(C(=O)O)s2)cc1F. The van der Waals surface area contributed by atoms with Crippen molar-refractivity contribution in [3.05, 3.63) is 40.2 Å². The van der Waals surface area contributed by atoms with Gasteiger partial charge < -0.3 is 5.11 Å². The van der Waals surface area contributed by atoms with E-state index in [0.29, 0.717) is 26.7 Å². The number of carboxylic acid groups (broad SMARTS) is 1. The van der Waals surface area contributed by atoms with Crippen molar-refractivity contribution in [3.63, 3.8) is 0 Å². The molecule has 0 unspecified atom stereocenters. The number of aromatic carboxylic acids is 1. The van der Waals surface area contributed by atoms with Crippen LogP contribution in [-0.2, 0) is 0 Å². The Hall–Kier alpha value is -1.75. The van der Waals surface area contributed by atoms with Crippen molar-refractivity contribution in [2.24, 2.45) is 0 Å². The Labute approximate surface area is 113 Å². The van der Waals surface area contributed by atoms with Gasteiger partial charge in [-0.15, -0.1) is 11.3 Å². The first-order valence-corrected chi connectivity index (χ1v) is 6.88. The van der Waals surface area contributed by atoms with E-state index in [1.165, 1.54) is 6.07 Å². The van der Waals surface area contributed by atoms with E-state index in [-0.39, 0.29) is 11.7 Å². The van der Waals surface area contributed by atoms with Crippen LogP contribution in [0.5, 0.6) is 0 Å². The van der Waals surface area contributed by atoms with Crippen LogP contribution in [0.2, 0.25) is 0 Å². The molecule has 1 fully saturated rings. The normalized spacial score (nSPS) is 14.6. The molecular formula is C14H12FNO2S. The summed E-state index contributed by atoms with van der Waals surface area (Å²) in [4.78, 5) is 15.9. The molecule has 98 valence electrons. The highest BCUT2D eigenvalue weighted by molar-refractivity contribution is 7.17. The van der Waals surface area contributed by atoms with E-state index in [1.807, 2.05) is 0 Å². The Bertz CT molecular complexity index is 661. The van der Waals surface area contributed by atoms with E-state index in [0.717, 1.165) is 24.2 Å². The second-order valence-corrected chi connectivity index (χ2v) is 5.78. The first kappa shape index (κ1) is 12.3. The molecule has 1 aliphatic carbocycles. The number of benzene rings is 1. The lowest BCUT2D eigenvalue weighted by molar-refractivity contribution is 0.0700. The summed E-state index contributed by atoms with van der Waals surface area (Å²) >= 11 is 1.13. The number of hydrogen-bond acceptors (Lipinski definition) is 3. The monoisotopic (exact) mass is 277 g/mol. The molecule has 2 aromatic rings. The molecule has 19 heavy (non-hydrogen) atoms. The Morgan fingerprint density at radius 1 is 1.47 bits per heavy atom. The van der Waals surface area contributed by atoms with Crippen molar-refractivity contribution in [1.82, 2.24) is 4.98 Å². The van der Waals surface area contributed by atoms with Crippen LogP contribution in [0.25, 0.3) is 10.6 Å². The third-order valence-electron chi connectivity index (χ3n) is 3.23. The molecule has 1 aromatic heterocycles. The van der Waals surface area contributed by atoms with Crippen LogP contribution in [0, 0.1) is 12.7 Å². The van der Waals surface area contributed by atoms with E-state index >= 15 is 0 Å². The Balaban J connectivity index is 2.07. The average molecular weight is 277 g/mol. The van der Waals surface area contributed by atoms with Gasteiger partial charge in [-0.3, -0.25) is 0 Å². The minimum atomic E-state index is -0.946. The van der Waals surface area contributed by atoms with Gasteiger partial charge in [-0.2, -0.15) is 0 Å². The molecule has 1 saturated carbocycles. The highest BCUT2D eigenvalue weighted by atomic mass is 32.1. The van der Waals surface area contributed by atoms with Crippen LogP contribution < -0.4 is 0 Å². The van der Waals surface area contributed by atoms with Crippen LogP contribution in [-0.4, -0.2) is 16.1 Å². The maximum Gasteiger partial charge on any atom is 0.347 e. The zero-order valence-corrected chi connectivity index (χ0v) is 11.1. The van der Waals surface area contributed by atoms with Gasteiger partial charge in [-0.05, 0) is 31.4 Å². The number of aryl methyl sites for hydroxylation is 1. The number of hydrogen-bond donors (Lipinski definition) is 1. The van der Waals surface area contributed by atoms with Crippen molar-refractivity contribution < 1.29 is 14.3 Å². The quantitative estimate of drug-likeness (QED) is 0.927. The zero-order valence-electron chi connectivity index (χ0n) is 10.3. The van der Waals surface area contributed by atoms with E-state index in [2.05, 4.69) is 4.98 Å². The lowest BCUT2D eigenvalue weighted by Crippen LogP contribution is -1.97. The van der Waals surface area contributed by atoms with Gasteiger partial charge in [0.05, 0.1) is 5.69 Å². The van der Waals surface area contributed by atoms with Crippen LogP contribution in [0.1, 0.15) is 39.7 Å². The van der Waals surface area contributed by atoms with Gasteiger partial charge in [0.15, 0.2) is 0 Å². The predicted octanol–water partition coefficient (Wildman–Crippen LogP) is 3.83. The molecule has 3 nitrogen and oxygen atoms in total. The van der Waals surface area contributed by atoms with Crippen molar-refractivity contribution in [3.8, 4) is 10.6 Å². The van der Waals surface area contributed by atoms with Crippen molar-refractivity contribution in [2.75, 3.05) is 0 Å². The molecular weight excluding hydrogens is 265 g/mol. The number of carbonyl (C=O) groups is 1. The summed E-state index contributed by atoms with van der Waals surface area (Å²) in [5.41, 5.74) is 1.87. The fourth-order valence-corrected chi connectivity index (χ4v) is 2.95. The first-order chi connectivity index (χ1) is 9.06. The number of halogens is 1. The Morgan fingerprint density at radius 3 is 2.79 bits per heavy atom. The molecule has 0 saturated heterocycles. The fourth-order valence-electron chi connectivity index (χ4n) is 1.97. The van der Waals surface area contributed by atoms with Crippen LogP contribution in [0.15, 0.2) is 18.2 Å². The molecule has 1 N–H and O–H groups in total. The molecule has 0 atom stereocenters. The predicted molar refractivity (Wildman–Crippen MR) is 71.2 cm³/mol. The smallest absolute Gasteiger partial charge is 0.347 e. The van der Waals surface area contributed by atoms with Crippen LogP contribution >= 0.6 is 11.3 Å². The minimum Gasteiger partial charge on any atom is -0.477 e. The average Bonchev–Trinajstić information content (AvgIpc) is 3.11. The van der Waals surface area contributed by atoms with Gasteiger partial charge >= 0.3 is 5.97 Å². The molecule has 1 aliphatic rings. The highest BCUT2D eigenvalue weighted by Gasteiger charge is 2.32. The summed E-state index contributed by atoms with van der Waals surface area (Å²) in [5.74, 6) is -0.970. The highest BCUT2D eigenvalue weighted by Crippen LogP contribution is 2.44. The summed E-state index contributed by atoms with van der Waals surface area (Å²) in [6.07, 6.45) is 1.98. The number of carboxylic acids is 1. The van der Waals surface area contributed by atoms with E-state index in [9.17, 15) is 14.3 Å². The van der Waals surface area contributed by atoms with Gasteiger partial charge in [0.1, 0.15) is 15.7 Å². The number of thiazole rings is 1. The van der Waals surface area contributed by atoms with E-state index in [1.54, 1.807) is 19.1 Å². The first-order valence-electron chi connectivity index (χ1n) is 6.07. The molecule has 0 bridgehead atoms. The third kappa shape index (κ3) is 2.26. The molecule has 0 radical (unpaired) electrons. The Kier molecular flexibility index (Phi) is 2.86. The van der Waals surface area contributed by atoms with Gasteiger partial charge in [-0.1, -0.05) is 12.1 Å². The fraction of sp³-hybridized carbons (Fsp3) is 0.286. The number of rotatable bonds is 3. The summed E-state index contributed by atoms with van der Waals surface area (Å²) in [6, 6.07) is 4.87.